The SMILES string of the molecule is COc1cc(C(=O)N2[C@H]3CC[C@@H]2[C@H](N)C3)cc2nc(-c3cc4ccc5nc4n3CCCCCC(=O)N[C@@H]5C)c(C)n12. The lowest BCUT2D eigenvalue weighted by atomic mass is 9.97. The largest absolute Gasteiger partial charge is 0.482 e. The van der Waals surface area contributed by atoms with Crippen LogP contribution in [0.4, 0.5) is 0 Å². The zero-order valence-corrected chi connectivity index (χ0v) is 23.9. The number of carbonyl (C=O) groups is 2. The van der Waals surface area contributed by atoms with Gasteiger partial charge in [0.15, 0.2) is 5.88 Å². The minimum absolute atomic E-state index is 0.00180. The number of amides is 2. The molecule has 7 rings (SSSR count). The Bertz CT molecular complexity index is 1690. The summed E-state index contributed by atoms with van der Waals surface area (Å²) in [4.78, 5) is 38.1. The second-order valence-electron chi connectivity index (χ2n) is 11.9. The number of imidazole rings is 1. The summed E-state index contributed by atoms with van der Waals surface area (Å²) in [5.41, 5.74) is 12.1. The molecular weight excluding hydrogens is 518 g/mol. The number of aryl methyl sites for hydroxylation is 2. The summed E-state index contributed by atoms with van der Waals surface area (Å²) >= 11 is 0. The zero-order chi connectivity index (χ0) is 28.4. The highest BCUT2D eigenvalue weighted by molar-refractivity contribution is 5.96. The molecule has 0 saturated carbocycles. The number of hydrogen-bond acceptors (Lipinski definition) is 6. The van der Waals surface area contributed by atoms with Crippen LogP contribution in [0, 0.1) is 6.92 Å². The van der Waals surface area contributed by atoms with E-state index in [1.807, 2.05) is 41.3 Å². The van der Waals surface area contributed by atoms with Crippen LogP contribution in [0.15, 0.2) is 30.3 Å². The Morgan fingerprint density at radius 3 is 2.73 bits per heavy atom. The highest BCUT2D eigenvalue weighted by atomic mass is 16.5. The topological polar surface area (TPSA) is 120 Å². The van der Waals surface area contributed by atoms with Crippen molar-refractivity contribution in [2.45, 2.75) is 89.5 Å². The summed E-state index contributed by atoms with van der Waals surface area (Å²) in [5.74, 6) is 0.651. The van der Waals surface area contributed by atoms with Crippen molar-refractivity contribution in [2.24, 2.45) is 5.73 Å². The zero-order valence-electron chi connectivity index (χ0n) is 23.9. The third-order valence-corrected chi connectivity index (χ3v) is 9.31. The lowest BCUT2D eigenvalue weighted by Crippen LogP contribution is -2.40. The van der Waals surface area contributed by atoms with E-state index in [4.69, 9.17) is 20.4 Å². The quantitative estimate of drug-likeness (QED) is 0.392. The van der Waals surface area contributed by atoms with Gasteiger partial charge in [0, 0.05) is 48.1 Å². The van der Waals surface area contributed by atoms with Crippen molar-refractivity contribution in [3.63, 3.8) is 0 Å². The molecule has 7 heterocycles. The summed E-state index contributed by atoms with van der Waals surface area (Å²) in [7, 11) is 1.63. The first-order valence-electron chi connectivity index (χ1n) is 14.8. The van der Waals surface area contributed by atoms with Gasteiger partial charge in [-0.3, -0.25) is 14.0 Å². The number of rotatable bonds is 3. The molecule has 4 aromatic rings. The van der Waals surface area contributed by atoms with E-state index in [9.17, 15) is 9.59 Å². The molecule has 4 aromatic heterocycles. The number of pyridine rings is 2. The Morgan fingerprint density at radius 1 is 1.12 bits per heavy atom. The summed E-state index contributed by atoms with van der Waals surface area (Å²) in [6.07, 6.45) is 6.11. The van der Waals surface area contributed by atoms with Gasteiger partial charge in [-0.05, 0) is 70.2 Å². The van der Waals surface area contributed by atoms with E-state index in [1.54, 1.807) is 7.11 Å². The van der Waals surface area contributed by atoms with Gasteiger partial charge in [0.2, 0.25) is 5.91 Å². The van der Waals surface area contributed by atoms with Crippen LogP contribution in [-0.2, 0) is 11.3 Å². The molecule has 4 bridgehead atoms. The van der Waals surface area contributed by atoms with Crippen LogP contribution in [0.25, 0.3) is 28.1 Å². The lowest BCUT2D eigenvalue weighted by molar-refractivity contribution is -0.121. The van der Waals surface area contributed by atoms with Gasteiger partial charge in [-0.15, -0.1) is 0 Å². The van der Waals surface area contributed by atoms with Gasteiger partial charge in [-0.2, -0.15) is 0 Å². The van der Waals surface area contributed by atoms with Crippen LogP contribution >= 0.6 is 0 Å². The van der Waals surface area contributed by atoms with E-state index in [1.165, 1.54) is 0 Å². The van der Waals surface area contributed by atoms with Crippen molar-refractivity contribution < 1.29 is 14.3 Å². The lowest BCUT2D eigenvalue weighted by Gasteiger charge is -2.23. The maximum absolute atomic E-state index is 13.7. The standard InChI is InChI=1S/C31H37N7O3/c1-17-23-10-8-19-13-25(36(30(19)34-23)12-6-4-5-7-27(39)33-17)29-18(2)37-26(35-29)14-20(15-28(37)41-3)31(40)38-21-9-11-24(38)22(32)16-21/h8,10,13-15,17,21-22,24H,4-7,9,11-12,16,32H2,1-3H3,(H,33,39)/t17-,21+,22-,24-/m1/s1. The number of hydrogen-bond donors (Lipinski definition) is 2. The van der Waals surface area contributed by atoms with Crippen LogP contribution in [0.3, 0.4) is 0 Å². The van der Waals surface area contributed by atoms with Crippen molar-refractivity contribution in [3.8, 4) is 17.3 Å². The highest BCUT2D eigenvalue weighted by Gasteiger charge is 2.47. The highest BCUT2D eigenvalue weighted by Crippen LogP contribution is 2.39. The Hall–Kier alpha value is -3.92. The van der Waals surface area contributed by atoms with Gasteiger partial charge in [0.1, 0.15) is 17.0 Å². The van der Waals surface area contributed by atoms with Crippen molar-refractivity contribution in [2.75, 3.05) is 7.11 Å². The third kappa shape index (κ3) is 4.18. The number of fused-ring (bicyclic) bond motifs is 4. The normalized spacial score (nSPS) is 24.6. The molecule has 0 aromatic carbocycles. The molecule has 0 radical (unpaired) electrons. The molecule has 10 nitrogen and oxygen atoms in total. The molecule has 2 saturated heterocycles. The summed E-state index contributed by atoms with van der Waals surface area (Å²) < 4.78 is 10.0. The molecule has 214 valence electrons. The smallest absolute Gasteiger partial charge is 0.254 e. The van der Waals surface area contributed by atoms with Gasteiger partial charge >= 0.3 is 0 Å². The summed E-state index contributed by atoms with van der Waals surface area (Å²) in [6.45, 7) is 4.79. The molecule has 0 aliphatic carbocycles. The average molecular weight is 556 g/mol. The molecule has 2 amide bonds. The van der Waals surface area contributed by atoms with Crippen molar-refractivity contribution in [1.29, 1.82) is 0 Å². The van der Waals surface area contributed by atoms with Gasteiger partial charge in [-0.25, -0.2) is 9.97 Å². The average Bonchev–Trinajstić information content (AvgIpc) is 3.70. The van der Waals surface area contributed by atoms with Gasteiger partial charge in [0.25, 0.3) is 5.91 Å². The molecule has 3 aliphatic heterocycles. The first-order chi connectivity index (χ1) is 19.8. The molecular formula is C31H37N7O3. The molecule has 10 heteroatoms. The first kappa shape index (κ1) is 26.0. The van der Waals surface area contributed by atoms with Gasteiger partial charge in [-0.1, -0.05) is 6.42 Å². The van der Waals surface area contributed by atoms with Crippen molar-refractivity contribution >= 4 is 28.5 Å². The number of nitrogens with one attached hydrogen (secondary N) is 1. The Morgan fingerprint density at radius 2 is 1.98 bits per heavy atom. The number of aromatic nitrogens is 4. The molecule has 2 fully saturated rings. The monoisotopic (exact) mass is 555 g/mol. The van der Waals surface area contributed by atoms with Gasteiger partial charge in [0.05, 0.1) is 30.2 Å². The fraction of sp³-hybridized carbons (Fsp3) is 0.484. The molecule has 3 N–H and O–H groups in total. The molecule has 41 heavy (non-hydrogen) atoms. The Labute approximate surface area is 238 Å². The Balaban J connectivity index is 1.34. The van der Waals surface area contributed by atoms with E-state index < -0.39 is 0 Å². The predicted octanol–water partition coefficient (Wildman–Crippen LogP) is 4.12. The third-order valence-electron chi connectivity index (χ3n) is 9.31. The number of nitrogens with two attached hydrogens (primary N) is 1. The molecule has 4 atom stereocenters. The van der Waals surface area contributed by atoms with Crippen LogP contribution in [0.5, 0.6) is 5.88 Å². The Kier molecular flexibility index (Phi) is 6.26. The first-order valence-corrected chi connectivity index (χ1v) is 14.8. The van der Waals surface area contributed by atoms with E-state index in [2.05, 4.69) is 22.0 Å². The molecule has 0 unspecified atom stereocenters. The van der Waals surface area contributed by atoms with E-state index in [0.29, 0.717) is 23.5 Å². The minimum Gasteiger partial charge on any atom is -0.482 e. The van der Waals surface area contributed by atoms with Crippen LogP contribution in [-0.4, -0.2) is 60.9 Å². The number of carbonyl (C=O) groups excluding carboxylic acids is 2. The molecule has 3 aliphatic rings. The van der Waals surface area contributed by atoms with Crippen LogP contribution in [0.1, 0.15) is 79.7 Å². The predicted molar refractivity (Wildman–Crippen MR) is 156 cm³/mol. The van der Waals surface area contributed by atoms with Crippen LogP contribution in [0.2, 0.25) is 0 Å². The van der Waals surface area contributed by atoms with Crippen molar-refractivity contribution in [3.05, 3.63) is 47.3 Å². The maximum atomic E-state index is 13.7. The second kappa shape index (κ2) is 9.87. The van der Waals surface area contributed by atoms with E-state index in [0.717, 1.165) is 78.9 Å². The number of ether oxygens (including phenoxy) is 1. The van der Waals surface area contributed by atoms with Crippen molar-refractivity contribution in [1.82, 2.24) is 29.2 Å². The second-order valence-corrected chi connectivity index (χ2v) is 11.9. The fourth-order valence-corrected chi connectivity index (χ4v) is 7.22. The molecule has 0 spiro atoms. The van der Waals surface area contributed by atoms with Crippen LogP contribution < -0.4 is 15.8 Å². The summed E-state index contributed by atoms with van der Waals surface area (Å²) in [6, 6.07) is 10.1. The number of methoxy groups -OCH3 is 1. The fourth-order valence-electron chi connectivity index (χ4n) is 7.22. The van der Waals surface area contributed by atoms with Gasteiger partial charge < -0.3 is 25.3 Å². The summed E-state index contributed by atoms with van der Waals surface area (Å²) in [5, 5.41) is 4.11. The maximum Gasteiger partial charge on any atom is 0.254 e. The minimum atomic E-state index is -0.171. The van der Waals surface area contributed by atoms with E-state index >= 15 is 0 Å². The van der Waals surface area contributed by atoms with E-state index in [-0.39, 0.29) is 36.0 Å². The number of nitrogens with zero attached hydrogens (tertiary/aromatic N) is 5.